The molecule has 0 spiro atoms. The van der Waals surface area contributed by atoms with E-state index in [1.54, 1.807) is 44.4 Å². The zero-order valence-electron chi connectivity index (χ0n) is 22.8. The Morgan fingerprint density at radius 1 is 1.00 bits per heavy atom. The first-order chi connectivity index (χ1) is 19.8. The van der Waals surface area contributed by atoms with E-state index in [2.05, 4.69) is 10.6 Å². The molecule has 1 aromatic heterocycles. The molecular formula is C31H26N4O5S. The lowest BCUT2D eigenvalue weighted by Crippen LogP contribution is -2.41. The van der Waals surface area contributed by atoms with Crippen LogP contribution >= 0.6 is 11.3 Å². The highest BCUT2D eigenvalue weighted by Crippen LogP contribution is 2.38. The molecule has 3 heterocycles. The molecule has 0 unspecified atom stereocenters. The van der Waals surface area contributed by atoms with Gasteiger partial charge in [-0.2, -0.15) is 0 Å². The van der Waals surface area contributed by atoms with Gasteiger partial charge in [-0.1, -0.05) is 41.2 Å². The summed E-state index contributed by atoms with van der Waals surface area (Å²) in [6.07, 6.45) is 0. The van der Waals surface area contributed by atoms with Crippen LogP contribution in [0.3, 0.4) is 0 Å². The summed E-state index contributed by atoms with van der Waals surface area (Å²) >= 11 is 1.13. The number of fused-ring (bicyclic) bond motifs is 2. The number of anilines is 2. The number of ether oxygens (including phenoxy) is 2. The average Bonchev–Trinajstić information content (AvgIpc) is 3.46. The van der Waals surface area contributed by atoms with Gasteiger partial charge < -0.3 is 20.1 Å². The highest BCUT2D eigenvalue weighted by molar-refractivity contribution is 7.07. The maximum absolute atomic E-state index is 14.3. The van der Waals surface area contributed by atoms with Crippen LogP contribution in [0.5, 0.6) is 11.5 Å². The molecule has 41 heavy (non-hydrogen) atoms. The number of aromatic nitrogens is 1. The minimum Gasteiger partial charge on any atom is -0.497 e. The van der Waals surface area contributed by atoms with Crippen LogP contribution in [0.1, 0.15) is 29.7 Å². The number of nitrogens with zero attached hydrogens (tertiary/aromatic N) is 2. The third kappa shape index (κ3) is 4.42. The van der Waals surface area contributed by atoms with Gasteiger partial charge in [-0.3, -0.25) is 19.0 Å². The number of para-hydroxylation sites is 1. The number of carbonyl (C=O) groups is 2. The molecule has 2 aliphatic rings. The fourth-order valence-electron chi connectivity index (χ4n) is 5.23. The van der Waals surface area contributed by atoms with E-state index in [1.807, 2.05) is 43.3 Å². The molecule has 206 valence electrons. The van der Waals surface area contributed by atoms with Crippen LogP contribution in [-0.2, 0) is 9.59 Å². The van der Waals surface area contributed by atoms with Crippen molar-refractivity contribution in [3.63, 3.8) is 0 Å². The van der Waals surface area contributed by atoms with Crippen LogP contribution < -0.4 is 35.0 Å². The lowest BCUT2D eigenvalue weighted by atomic mass is 9.94. The number of aryl methyl sites for hydroxylation is 1. The van der Waals surface area contributed by atoms with Gasteiger partial charge in [0.25, 0.3) is 17.4 Å². The predicted molar refractivity (Wildman–Crippen MR) is 157 cm³/mol. The Morgan fingerprint density at radius 2 is 1.78 bits per heavy atom. The molecule has 9 nitrogen and oxygen atoms in total. The minimum atomic E-state index is -0.883. The molecule has 0 radical (unpaired) electrons. The number of carbonyl (C=O) groups excluding carboxylic acids is 2. The normalized spacial score (nSPS) is 16.9. The molecule has 0 bridgehead atoms. The van der Waals surface area contributed by atoms with Gasteiger partial charge in [-0.25, -0.2) is 4.99 Å². The topological polar surface area (TPSA) is 111 Å². The Morgan fingerprint density at radius 3 is 2.51 bits per heavy atom. The zero-order chi connectivity index (χ0) is 28.8. The van der Waals surface area contributed by atoms with Crippen molar-refractivity contribution in [2.24, 2.45) is 4.99 Å². The van der Waals surface area contributed by atoms with Gasteiger partial charge in [0.15, 0.2) is 4.80 Å². The van der Waals surface area contributed by atoms with Gasteiger partial charge in [-0.05, 0) is 50.2 Å². The quantitative estimate of drug-likeness (QED) is 0.384. The van der Waals surface area contributed by atoms with Crippen molar-refractivity contribution in [2.75, 3.05) is 24.9 Å². The second-order valence-electron chi connectivity index (χ2n) is 9.71. The van der Waals surface area contributed by atoms with Gasteiger partial charge in [0.2, 0.25) is 0 Å². The van der Waals surface area contributed by atoms with Crippen molar-refractivity contribution in [2.45, 2.75) is 19.9 Å². The molecule has 2 aliphatic heterocycles. The molecule has 0 saturated heterocycles. The molecule has 2 amide bonds. The molecule has 2 N–H and O–H groups in total. The van der Waals surface area contributed by atoms with Crippen molar-refractivity contribution >= 4 is 40.1 Å². The fraction of sp³-hybridized carbons (Fsp3) is 0.161. The van der Waals surface area contributed by atoms with Crippen molar-refractivity contribution in [1.29, 1.82) is 0 Å². The first-order valence-electron chi connectivity index (χ1n) is 12.9. The van der Waals surface area contributed by atoms with E-state index in [4.69, 9.17) is 14.5 Å². The first-order valence-corrected chi connectivity index (χ1v) is 13.7. The molecule has 3 aromatic carbocycles. The van der Waals surface area contributed by atoms with Crippen LogP contribution in [0.4, 0.5) is 11.4 Å². The van der Waals surface area contributed by atoms with Crippen LogP contribution in [0.2, 0.25) is 0 Å². The predicted octanol–water partition coefficient (Wildman–Crippen LogP) is 3.52. The number of hydrogen-bond acceptors (Lipinski definition) is 7. The molecule has 1 atom stereocenters. The number of benzene rings is 3. The Kier molecular flexibility index (Phi) is 6.55. The maximum Gasteiger partial charge on any atom is 0.271 e. The standard InChI is InChI=1S/C31H26N4O5S/c1-16-10-13-22-21(14-16)25(29(37)34-22)27-30(38)35-26(20-12-11-19(39-3)15-23(20)40-4)24(17(2)32-31(35)41-27)28(36)33-18-8-6-5-7-9-18/h5-15,26H,1-4H3,(H,33,36)(H,34,37)/b27-25-/t26-/m1/s1. The largest absolute Gasteiger partial charge is 0.497 e. The SMILES string of the molecule is COc1ccc([C@@H]2C(C(=O)Nc3ccccc3)=C(C)N=c3s/c(=C4\C(=O)Nc5ccc(C)cc54)c(=O)n32)c(OC)c1. The summed E-state index contributed by atoms with van der Waals surface area (Å²) in [5.41, 5.74) is 4.06. The van der Waals surface area contributed by atoms with Crippen molar-refractivity contribution in [3.05, 3.63) is 114 Å². The van der Waals surface area contributed by atoms with Gasteiger partial charge in [0.1, 0.15) is 22.1 Å². The third-order valence-electron chi connectivity index (χ3n) is 7.16. The van der Waals surface area contributed by atoms with E-state index in [-0.39, 0.29) is 16.0 Å². The third-order valence-corrected chi connectivity index (χ3v) is 8.21. The van der Waals surface area contributed by atoms with Crippen LogP contribution in [0, 0.1) is 6.92 Å². The molecule has 0 fully saturated rings. The van der Waals surface area contributed by atoms with E-state index in [0.717, 1.165) is 16.9 Å². The van der Waals surface area contributed by atoms with Crippen LogP contribution in [0.25, 0.3) is 5.57 Å². The van der Waals surface area contributed by atoms with E-state index < -0.39 is 17.5 Å². The summed E-state index contributed by atoms with van der Waals surface area (Å²) in [6.45, 7) is 3.67. The minimum absolute atomic E-state index is 0.251. The molecule has 0 aliphatic carbocycles. The van der Waals surface area contributed by atoms with E-state index in [0.29, 0.717) is 50.1 Å². The van der Waals surface area contributed by atoms with Crippen molar-refractivity contribution < 1.29 is 19.1 Å². The first kappa shape index (κ1) is 26.3. The van der Waals surface area contributed by atoms with E-state index >= 15 is 0 Å². The Hall–Kier alpha value is -4.96. The summed E-state index contributed by atoms with van der Waals surface area (Å²) < 4.78 is 12.8. The van der Waals surface area contributed by atoms with Gasteiger partial charge in [0.05, 0.1) is 31.1 Å². The lowest BCUT2D eigenvalue weighted by molar-refractivity contribution is -0.113. The number of rotatable bonds is 5. The fourth-order valence-corrected chi connectivity index (χ4v) is 6.37. The highest BCUT2D eigenvalue weighted by Gasteiger charge is 2.36. The highest BCUT2D eigenvalue weighted by atomic mass is 32.1. The summed E-state index contributed by atoms with van der Waals surface area (Å²) in [6, 6.07) is 19.0. The van der Waals surface area contributed by atoms with Crippen molar-refractivity contribution in [3.8, 4) is 11.5 Å². The number of nitrogens with one attached hydrogen (secondary N) is 2. The molecule has 0 saturated carbocycles. The van der Waals surface area contributed by atoms with Gasteiger partial charge in [-0.15, -0.1) is 0 Å². The maximum atomic E-state index is 14.3. The Balaban J connectivity index is 1.62. The summed E-state index contributed by atoms with van der Waals surface area (Å²) in [5.74, 6) is 0.239. The lowest BCUT2D eigenvalue weighted by Gasteiger charge is -2.26. The average molecular weight is 567 g/mol. The van der Waals surface area contributed by atoms with E-state index in [9.17, 15) is 14.4 Å². The van der Waals surface area contributed by atoms with Gasteiger partial charge >= 0.3 is 0 Å². The molecule has 10 heteroatoms. The smallest absolute Gasteiger partial charge is 0.271 e. The number of allylic oxidation sites excluding steroid dienone is 1. The Bertz CT molecular complexity index is 1960. The molecule has 4 aromatic rings. The second-order valence-corrected chi connectivity index (χ2v) is 10.7. The second kappa shape index (κ2) is 10.2. The summed E-state index contributed by atoms with van der Waals surface area (Å²) in [5, 5.41) is 5.80. The van der Waals surface area contributed by atoms with Crippen LogP contribution in [-0.4, -0.2) is 30.6 Å². The monoisotopic (exact) mass is 566 g/mol. The van der Waals surface area contributed by atoms with Crippen molar-refractivity contribution in [1.82, 2.24) is 4.57 Å². The number of methoxy groups -OCH3 is 2. The Labute approximate surface area is 239 Å². The van der Waals surface area contributed by atoms with E-state index in [1.165, 1.54) is 11.7 Å². The number of thiazole rings is 1. The zero-order valence-corrected chi connectivity index (χ0v) is 23.6. The summed E-state index contributed by atoms with van der Waals surface area (Å²) in [7, 11) is 3.07. The van der Waals surface area contributed by atoms with Crippen LogP contribution in [0.15, 0.2) is 87.8 Å². The summed E-state index contributed by atoms with van der Waals surface area (Å²) in [4.78, 5) is 46.3. The van der Waals surface area contributed by atoms with Gasteiger partial charge in [0, 0.05) is 28.6 Å². The molecule has 6 rings (SSSR count). The molecular weight excluding hydrogens is 540 g/mol. The number of amides is 2. The number of hydrogen-bond donors (Lipinski definition) is 2.